The summed E-state index contributed by atoms with van der Waals surface area (Å²) in [5.41, 5.74) is 0. The maximum Gasteiger partial charge on any atom is 0.216 e. The molecule has 2 unspecified atom stereocenters. The van der Waals surface area contributed by atoms with Crippen molar-refractivity contribution in [3.05, 3.63) is 0 Å². The summed E-state index contributed by atoms with van der Waals surface area (Å²) in [7, 11) is 0. The summed E-state index contributed by atoms with van der Waals surface area (Å²) in [6.45, 7) is 9.22. The van der Waals surface area contributed by atoms with E-state index in [-0.39, 0.29) is 5.91 Å². The molecule has 128 valence electrons. The fraction of sp³-hybridized carbons (Fsp3) is 0.944. The molecule has 1 saturated carbocycles. The first-order valence-corrected chi connectivity index (χ1v) is 9.37. The lowest BCUT2D eigenvalue weighted by Crippen LogP contribution is -2.51. The molecule has 1 heterocycles. The standard InChI is InChI=1S/C18H35N3O/c1-3-6-17-11-18(20-12-16-7-4-5-8-16)14-21(13-17)10-9-19-15(2)22/h16-18,20H,3-14H2,1-2H3,(H,19,22). The highest BCUT2D eigenvalue weighted by Crippen LogP contribution is 2.25. The Hall–Kier alpha value is -0.610. The van der Waals surface area contributed by atoms with Crippen LogP contribution < -0.4 is 10.6 Å². The molecule has 2 N–H and O–H groups in total. The minimum atomic E-state index is 0.0815. The molecule has 2 fully saturated rings. The lowest BCUT2D eigenvalue weighted by Gasteiger charge is -2.38. The number of hydrogen-bond donors (Lipinski definition) is 2. The molecule has 0 aromatic carbocycles. The van der Waals surface area contributed by atoms with E-state index in [1.807, 2.05) is 0 Å². The second-order valence-electron chi connectivity index (χ2n) is 7.39. The molecule has 0 aromatic heterocycles. The summed E-state index contributed by atoms with van der Waals surface area (Å²) in [6, 6.07) is 0.642. The molecule has 22 heavy (non-hydrogen) atoms. The molecule has 2 aliphatic rings. The zero-order valence-electron chi connectivity index (χ0n) is 14.6. The molecular formula is C18H35N3O. The van der Waals surface area contributed by atoms with Crippen LogP contribution in [0.2, 0.25) is 0 Å². The Kier molecular flexibility index (Phi) is 7.67. The van der Waals surface area contributed by atoms with Gasteiger partial charge >= 0.3 is 0 Å². The van der Waals surface area contributed by atoms with E-state index >= 15 is 0 Å². The Morgan fingerprint density at radius 2 is 1.95 bits per heavy atom. The molecule has 1 saturated heterocycles. The van der Waals surface area contributed by atoms with Crippen molar-refractivity contribution in [1.82, 2.24) is 15.5 Å². The van der Waals surface area contributed by atoms with Gasteiger partial charge in [-0.3, -0.25) is 9.69 Å². The number of nitrogens with one attached hydrogen (secondary N) is 2. The monoisotopic (exact) mass is 309 g/mol. The molecule has 0 spiro atoms. The summed E-state index contributed by atoms with van der Waals surface area (Å²) < 4.78 is 0. The molecule has 2 rings (SSSR count). The van der Waals surface area contributed by atoms with Crippen LogP contribution in [0.4, 0.5) is 0 Å². The predicted molar refractivity (Wildman–Crippen MR) is 91.9 cm³/mol. The molecule has 0 bridgehead atoms. The summed E-state index contributed by atoms with van der Waals surface area (Å²) in [4.78, 5) is 13.6. The van der Waals surface area contributed by atoms with E-state index < -0.39 is 0 Å². The lowest BCUT2D eigenvalue weighted by molar-refractivity contribution is -0.119. The number of carbonyl (C=O) groups is 1. The van der Waals surface area contributed by atoms with E-state index in [9.17, 15) is 4.79 Å². The number of rotatable bonds is 8. The van der Waals surface area contributed by atoms with Crippen LogP contribution in [-0.2, 0) is 4.79 Å². The van der Waals surface area contributed by atoms with Crippen LogP contribution in [-0.4, -0.2) is 49.6 Å². The number of piperidine rings is 1. The SMILES string of the molecule is CCCC1CC(NCC2CCCC2)CN(CCNC(C)=O)C1. The third-order valence-electron chi connectivity index (χ3n) is 5.28. The van der Waals surface area contributed by atoms with Crippen molar-refractivity contribution in [2.24, 2.45) is 11.8 Å². The van der Waals surface area contributed by atoms with Crippen molar-refractivity contribution in [3.8, 4) is 0 Å². The first-order chi connectivity index (χ1) is 10.7. The van der Waals surface area contributed by atoms with E-state index in [0.29, 0.717) is 6.04 Å². The summed E-state index contributed by atoms with van der Waals surface area (Å²) in [6.07, 6.45) is 9.64. The van der Waals surface area contributed by atoms with Crippen molar-refractivity contribution in [2.45, 2.75) is 64.8 Å². The Morgan fingerprint density at radius 3 is 2.64 bits per heavy atom. The third-order valence-corrected chi connectivity index (χ3v) is 5.28. The topological polar surface area (TPSA) is 44.4 Å². The maximum absolute atomic E-state index is 11.0. The number of amides is 1. The maximum atomic E-state index is 11.0. The van der Waals surface area contributed by atoms with Gasteiger partial charge in [0.15, 0.2) is 0 Å². The Bertz CT molecular complexity index is 328. The van der Waals surface area contributed by atoms with Crippen molar-refractivity contribution >= 4 is 5.91 Å². The molecule has 1 aliphatic heterocycles. The second-order valence-corrected chi connectivity index (χ2v) is 7.39. The second kappa shape index (κ2) is 9.51. The Labute approximate surface area is 136 Å². The summed E-state index contributed by atoms with van der Waals surface area (Å²) in [5, 5.41) is 6.78. The number of nitrogens with zero attached hydrogens (tertiary/aromatic N) is 1. The molecular weight excluding hydrogens is 274 g/mol. The van der Waals surface area contributed by atoms with Gasteiger partial charge in [0.1, 0.15) is 0 Å². The number of carbonyl (C=O) groups excluding carboxylic acids is 1. The van der Waals surface area contributed by atoms with E-state index in [0.717, 1.165) is 31.5 Å². The quantitative estimate of drug-likeness (QED) is 0.723. The fourth-order valence-corrected chi connectivity index (χ4v) is 4.19. The molecule has 2 atom stereocenters. The minimum Gasteiger partial charge on any atom is -0.355 e. The highest BCUT2D eigenvalue weighted by atomic mass is 16.1. The normalized spacial score (nSPS) is 27.2. The van der Waals surface area contributed by atoms with Gasteiger partial charge in [-0.05, 0) is 44.1 Å². The van der Waals surface area contributed by atoms with Gasteiger partial charge in [-0.25, -0.2) is 0 Å². The van der Waals surface area contributed by atoms with Crippen molar-refractivity contribution in [3.63, 3.8) is 0 Å². The zero-order chi connectivity index (χ0) is 15.8. The van der Waals surface area contributed by atoms with Gasteiger partial charge in [0.2, 0.25) is 5.91 Å². The largest absolute Gasteiger partial charge is 0.355 e. The first kappa shape index (κ1) is 17.7. The van der Waals surface area contributed by atoms with Gasteiger partial charge in [-0.1, -0.05) is 26.2 Å². The van der Waals surface area contributed by atoms with Gasteiger partial charge in [-0.2, -0.15) is 0 Å². The van der Waals surface area contributed by atoms with Crippen LogP contribution >= 0.6 is 0 Å². The van der Waals surface area contributed by atoms with Crippen LogP contribution in [0, 0.1) is 11.8 Å². The van der Waals surface area contributed by atoms with E-state index in [4.69, 9.17) is 0 Å². The third kappa shape index (κ3) is 6.25. The van der Waals surface area contributed by atoms with E-state index in [1.165, 1.54) is 58.0 Å². The van der Waals surface area contributed by atoms with E-state index in [2.05, 4.69) is 22.5 Å². The highest BCUT2D eigenvalue weighted by Gasteiger charge is 2.27. The molecule has 0 aromatic rings. The van der Waals surface area contributed by atoms with Crippen LogP contribution in [0.1, 0.15) is 58.8 Å². The van der Waals surface area contributed by atoms with Crippen LogP contribution in [0.3, 0.4) is 0 Å². The van der Waals surface area contributed by atoms with Crippen LogP contribution in [0.25, 0.3) is 0 Å². The summed E-state index contributed by atoms with van der Waals surface area (Å²) in [5.74, 6) is 1.81. The Balaban J connectivity index is 1.75. The number of hydrogen-bond acceptors (Lipinski definition) is 3. The van der Waals surface area contributed by atoms with Crippen molar-refractivity contribution in [1.29, 1.82) is 0 Å². The lowest BCUT2D eigenvalue weighted by atomic mass is 9.90. The van der Waals surface area contributed by atoms with Crippen LogP contribution in [0.5, 0.6) is 0 Å². The van der Waals surface area contributed by atoms with Gasteiger partial charge in [0.05, 0.1) is 0 Å². The van der Waals surface area contributed by atoms with E-state index in [1.54, 1.807) is 6.92 Å². The van der Waals surface area contributed by atoms with Gasteiger partial charge < -0.3 is 10.6 Å². The number of likely N-dealkylation sites (tertiary alicyclic amines) is 1. The van der Waals surface area contributed by atoms with Gasteiger partial charge in [0.25, 0.3) is 0 Å². The predicted octanol–water partition coefficient (Wildman–Crippen LogP) is 2.39. The van der Waals surface area contributed by atoms with Crippen molar-refractivity contribution < 1.29 is 4.79 Å². The van der Waals surface area contributed by atoms with Crippen molar-refractivity contribution in [2.75, 3.05) is 32.7 Å². The Morgan fingerprint density at radius 1 is 1.18 bits per heavy atom. The molecule has 1 amide bonds. The highest BCUT2D eigenvalue weighted by molar-refractivity contribution is 5.72. The average Bonchev–Trinajstić information content (AvgIpc) is 2.98. The average molecular weight is 309 g/mol. The smallest absolute Gasteiger partial charge is 0.216 e. The fourth-order valence-electron chi connectivity index (χ4n) is 4.19. The first-order valence-electron chi connectivity index (χ1n) is 9.37. The van der Waals surface area contributed by atoms with Gasteiger partial charge in [-0.15, -0.1) is 0 Å². The summed E-state index contributed by atoms with van der Waals surface area (Å²) >= 11 is 0. The van der Waals surface area contributed by atoms with Gasteiger partial charge in [0, 0.05) is 39.1 Å². The molecule has 1 aliphatic carbocycles. The van der Waals surface area contributed by atoms with Crippen LogP contribution in [0.15, 0.2) is 0 Å². The molecule has 0 radical (unpaired) electrons. The minimum absolute atomic E-state index is 0.0815. The molecule has 4 nitrogen and oxygen atoms in total. The zero-order valence-corrected chi connectivity index (χ0v) is 14.6. The molecule has 4 heteroatoms.